The van der Waals surface area contributed by atoms with Gasteiger partial charge < -0.3 is 9.67 Å². The molecule has 0 saturated heterocycles. The van der Waals surface area contributed by atoms with Crippen LogP contribution >= 0.6 is 0 Å². The summed E-state index contributed by atoms with van der Waals surface area (Å²) >= 11 is 0. The van der Waals surface area contributed by atoms with Gasteiger partial charge >= 0.3 is 0 Å². The smallest absolute Gasteiger partial charge is 0.0812 e. The number of rotatable bonds is 4. The van der Waals surface area contributed by atoms with Crippen molar-refractivity contribution in [2.24, 2.45) is 5.41 Å². The molecule has 19 heavy (non-hydrogen) atoms. The first-order valence-corrected chi connectivity index (χ1v) is 7.25. The Hall–Kier alpha value is -1.20. The molecule has 1 heterocycles. The molecule has 1 unspecified atom stereocenters. The van der Waals surface area contributed by atoms with Gasteiger partial charge in [-0.25, -0.2) is 0 Å². The molecule has 0 saturated carbocycles. The first-order valence-electron chi connectivity index (χ1n) is 7.25. The van der Waals surface area contributed by atoms with Crippen LogP contribution in [0.1, 0.15) is 62.6 Å². The second-order valence-electron chi connectivity index (χ2n) is 6.56. The standard InChI is InChI=1S/C17H25NO/c1-5-6-7-8-9-18-13(2)10-14-15(18)11-17(3,4)12-16(14)19/h1,10,16,19H,6-9,11-12H2,2-4H3. The van der Waals surface area contributed by atoms with E-state index in [0.29, 0.717) is 0 Å². The topological polar surface area (TPSA) is 25.2 Å². The molecule has 0 spiro atoms. The molecule has 1 N–H and O–H groups in total. The third-order valence-electron chi connectivity index (χ3n) is 4.15. The van der Waals surface area contributed by atoms with E-state index in [1.54, 1.807) is 0 Å². The number of fused-ring (bicyclic) bond motifs is 1. The van der Waals surface area contributed by atoms with Crippen LogP contribution in [0.5, 0.6) is 0 Å². The maximum atomic E-state index is 10.3. The number of nitrogens with zero attached hydrogens (tertiary/aromatic N) is 1. The number of aryl methyl sites for hydroxylation is 1. The Balaban J connectivity index is 2.19. The fourth-order valence-corrected chi connectivity index (χ4v) is 3.21. The number of unbranched alkanes of at least 4 members (excludes halogenated alkanes) is 2. The molecule has 0 aromatic carbocycles. The van der Waals surface area contributed by atoms with Crippen molar-refractivity contribution >= 4 is 0 Å². The van der Waals surface area contributed by atoms with E-state index in [2.05, 4.69) is 37.3 Å². The van der Waals surface area contributed by atoms with Crippen LogP contribution in [0.4, 0.5) is 0 Å². The zero-order valence-corrected chi connectivity index (χ0v) is 12.4. The van der Waals surface area contributed by atoms with Gasteiger partial charge in [0.25, 0.3) is 0 Å². The molecule has 0 radical (unpaired) electrons. The number of aromatic nitrogens is 1. The lowest BCUT2D eigenvalue weighted by molar-refractivity contribution is 0.0979. The minimum Gasteiger partial charge on any atom is -0.388 e. The second-order valence-corrected chi connectivity index (χ2v) is 6.56. The Bertz CT molecular complexity index is 490. The summed E-state index contributed by atoms with van der Waals surface area (Å²) in [7, 11) is 0. The van der Waals surface area contributed by atoms with Gasteiger partial charge in [-0.2, -0.15) is 0 Å². The second kappa shape index (κ2) is 5.43. The first kappa shape index (κ1) is 14.2. The summed E-state index contributed by atoms with van der Waals surface area (Å²) in [5.41, 5.74) is 3.94. The van der Waals surface area contributed by atoms with Gasteiger partial charge in [0.1, 0.15) is 0 Å². The summed E-state index contributed by atoms with van der Waals surface area (Å²) in [6.45, 7) is 7.64. The van der Waals surface area contributed by atoms with E-state index in [1.807, 2.05) is 0 Å². The fraction of sp³-hybridized carbons (Fsp3) is 0.647. The molecule has 0 fully saturated rings. The largest absolute Gasteiger partial charge is 0.388 e. The van der Waals surface area contributed by atoms with Crippen LogP contribution < -0.4 is 0 Å². The molecule has 2 rings (SSSR count). The zero-order valence-electron chi connectivity index (χ0n) is 12.4. The molecule has 0 bridgehead atoms. The van der Waals surface area contributed by atoms with E-state index in [1.165, 1.54) is 11.4 Å². The number of terminal acetylenes is 1. The van der Waals surface area contributed by atoms with Crippen molar-refractivity contribution in [3.63, 3.8) is 0 Å². The molecule has 104 valence electrons. The maximum absolute atomic E-state index is 10.3. The lowest BCUT2D eigenvalue weighted by Crippen LogP contribution is -2.27. The van der Waals surface area contributed by atoms with Crippen LogP contribution in [-0.4, -0.2) is 9.67 Å². The summed E-state index contributed by atoms with van der Waals surface area (Å²) in [6.07, 6.45) is 9.96. The summed E-state index contributed by atoms with van der Waals surface area (Å²) in [6, 6.07) is 2.16. The Morgan fingerprint density at radius 1 is 1.47 bits per heavy atom. The van der Waals surface area contributed by atoms with Crippen molar-refractivity contribution < 1.29 is 5.11 Å². The predicted molar refractivity (Wildman–Crippen MR) is 78.9 cm³/mol. The number of hydrogen-bond acceptors (Lipinski definition) is 1. The van der Waals surface area contributed by atoms with Crippen molar-refractivity contribution in [1.82, 2.24) is 4.57 Å². The van der Waals surface area contributed by atoms with Crippen molar-refractivity contribution in [2.75, 3.05) is 0 Å². The highest BCUT2D eigenvalue weighted by Crippen LogP contribution is 2.41. The summed E-state index contributed by atoms with van der Waals surface area (Å²) in [4.78, 5) is 0. The maximum Gasteiger partial charge on any atom is 0.0812 e. The molecular weight excluding hydrogens is 234 g/mol. The average molecular weight is 259 g/mol. The SMILES string of the molecule is C#CCCCCn1c(C)cc2c1CC(C)(C)CC2O. The van der Waals surface area contributed by atoms with Gasteiger partial charge in [0.2, 0.25) is 0 Å². The lowest BCUT2D eigenvalue weighted by atomic mass is 9.75. The highest BCUT2D eigenvalue weighted by Gasteiger charge is 2.33. The molecule has 2 nitrogen and oxygen atoms in total. The Labute approximate surface area is 116 Å². The Morgan fingerprint density at radius 2 is 2.21 bits per heavy atom. The third kappa shape index (κ3) is 3.04. The predicted octanol–water partition coefficient (Wildman–Crippen LogP) is 3.61. The van der Waals surface area contributed by atoms with Gasteiger partial charge in [-0.1, -0.05) is 13.8 Å². The first-order chi connectivity index (χ1) is 8.94. The Kier molecular flexibility index (Phi) is 4.06. The van der Waals surface area contributed by atoms with Crippen molar-refractivity contribution in [2.45, 2.75) is 65.5 Å². The molecular formula is C17H25NO. The van der Waals surface area contributed by atoms with Crippen LogP contribution in [0.15, 0.2) is 6.07 Å². The molecule has 0 amide bonds. The molecule has 1 aromatic heterocycles. The van der Waals surface area contributed by atoms with Crippen molar-refractivity contribution in [3.05, 3.63) is 23.0 Å². The van der Waals surface area contributed by atoms with E-state index in [0.717, 1.165) is 44.2 Å². The molecule has 2 heteroatoms. The van der Waals surface area contributed by atoms with Gasteiger partial charge in [-0.3, -0.25) is 0 Å². The fourth-order valence-electron chi connectivity index (χ4n) is 3.21. The van der Waals surface area contributed by atoms with E-state index in [-0.39, 0.29) is 11.5 Å². The number of hydrogen-bond donors (Lipinski definition) is 1. The van der Waals surface area contributed by atoms with Crippen LogP contribution in [-0.2, 0) is 13.0 Å². The minimum atomic E-state index is -0.301. The molecule has 1 aliphatic rings. The van der Waals surface area contributed by atoms with E-state index >= 15 is 0 Å². The average Bonchev–Trinajstić information content (AvgIpc) is 2.61. The normalized spacial score (nSPS) is 20.9. The molecule has 1 aliphatic carbocycles. The third-order valence-corrected chi connectivity index (χ3v) is 4.15. The summed E-state index contributed by atoms with van der Waals surface area (Å²) in [5, 5.41) is 10.3. The van der Waals surface area contributed by atoms with Crippen LogP contribution in [0.25, 0.3) is 0 Å². The summed E-state index contributed by atoms with van der Waals surface area (Å²) in [5.74, 6) is 2.70. The monoisotopic (exact) mass is 259 g/mol. The summed E-state index contributed by atoms with van der Waals surface area (Å²) < 4.78 is 2.38. The van der Waals surface area contributed by atoms with Gasteiger partial charge in [0, 0.05) is 29.9 Å². The number of aliphatic hydroxyl groups is 1. The quantitative estimate of drug-likeness (QED) is 0.648. The van der Waals surface area contributed by atoms with Crippen LogP contribution in [0.3, 0.4) is 0 Å². The van der Waals surface area contributed by atoms with Gasteiger partial charge in [-0.15, -0.1) is 12.3 Å². The van der Waals surface area contributed by atoms with Gasteiger partial charge in [0.15, 0.2) is 0 Å². The van der Waals surface area contributed by atoms with E-state index < -0.39 is 0 Å². The van der Waals surface area contributed by atoms with Crippen molar-refractivity contribution in [3.8, 4) is 12.3 Å². The lowest BCUT2D eigenvalue weighted by Gasteiger charge is -2.34. The van der Waals surface area contributed by atoms with Crippen LogP contribution in [0.2, 0.25) is 0 Å². The van der Waals surface area contributed by atoms with Crippen LogP contribution in [0, 0.1) is 24.7 Å². The highest BCUT2D eigenvalue weighted by molar-refractivity contribution is 5.33. The molecule has 1 atom stereocenters. The molecule has 0 aliphatic heterocycles. The van der Waals surface area contributed by atoms with E-state index in [4.69, 9.17) is 6.42 Å². The molecule has 1 aromatic rings. The van der Waals surface area contributed by atoms with Crippen molar-refractivity contribution in [1.29, 1.82) is 0 Å². The van der Waals surface area contributed by atoms with Gasteiger partial charge in [0.05, 0.1) is 6.10 Å². The Morgan fingerprint density at radius 3 is 2.89 bits per heavy atom. The van der Waals surface area contributed by atoms with Gasteiger partial charge in [-0.05, 0) is 44.1 Å². The zero-order chi connectivity index (χ0) is 14.0. The highest BCUT2D eigenvalue weighted by atomic mass is 16.3. The number of aliphatic hydroxyl groups excluding tert-OH is 1. The minimum absolute atomic E-state index is 0.188. The van der Waals surface area contributed by atoms with E-state index in [9.17, 15) is 5.11 Å².